The van der Waals surface area contributed by atoms with Gasteiger partial charge in [0.25, 0.3) is 0 Å². The Balaban J connectivity index is 1.35. The molecule has 3 aliphatic rings. The Hall–Kier alpha value is -3.18. The van der Waals surface area contributed by atoms with Gasteiger partial charge in [0.05, 0.1) is 23.8 Å². The average molecular weight is 579 g/mol. The van der Waals surface area contributed by atoms with Gasteiger partial charge in [0.2, 0.25) is 12.1 Å². The van der Waals surface area contributed by atoms with Gasteiger partial charge >= 0.3 is 0 Å². The van der Waals surface area contributed by atoms with Crippen molar-refractivity contribution in [3.8, 4) is 17.2 Å². The zero-order valence-electron chi connectivity index (χ0n) is 21.8. The number of carbonyl (C=O) groups excluding carboxylic acids is 2. The second-order valence-corrected chi connectivity index (χ2v) is 10.4. The third-order valence-electron chi connectivity index (χ3n) is 7.45. The van der Waals surface area contributed by atoms with Crippen LogP contribution in [0.5, 0.6) is 17.2 Å². The molecule has 0 radical (unpaired) electrons. The van der Waals surface area contributed by atoms with E-state index in [1.54, 1.807) is 6.92 Å². The zero-order valence-corrected chi connectivity index (χ0v) is 21.8. The summed E-state index contributed by atoms with van der Waals surface area (Å²) in [7, 11) is 0. The number of ether oxygens (including phenoxy) is 4. The summed E-state index contributed by atoms with van der Waals surface area (Å²) >= 11 is 0. The number of fused-ring (bicyclic) bond motifs is 2. The second-order valence-electron chi connectivity index (χ2n) is 10.4. The lowest BCUT2D eigenvalue weighted by molar-refractivity contribution is -0.318. The average Bonchev–Trinajstić information content (AvgIpc) is 2.92. The maximum atomic E-state index is 13.2. The molecule has 2 aliphatic heterocycles. The monoisotopic (exact) mass is 578 g/mol. The van der Waals surface area contributed by atoms with E-state index < -0.39 is 91.1 Å². The van der Waals surface area contributed by atoms with Crippen LogP contribution in [-0.4, -0.2) is 120 Å². The van der Waals surface area contributed by atoms with Gasteiger partial charge in [-0.3, -0.25) is 9.59 Å². The van der Waals surface area contributed by atoms with E-state index in [1.807, 2.05) is 0 Å². The molecular weight excluding hydrogens is 548 g/mol. The van der Waals surface area contributed by atoms with E-state index in [4.69, 9.17) is 18.9 Å². The van der Waals surface area contributed by atoms with Crippen LogP contribution in [0.3, 0.4) is 0 Å². The number of aryl methyl sites for hydroxylation is 1. The highest BCUT2D eigenvalue weighted by Crippen LogP contribution is 2.40. The standard InChI is InChI=1S/C27H30O14/c1-8-3-11-16(13(28)4-8)21(33)17-12(19(11)31)5-10(6-14(17)29)40-27-25(37)23(35)20(32)15(41-27)7-38-26-24(36)22(34)18(30)9(2)39-26/h3-6,9,15,18,20,22-30,32,34-37H,7H2,1-2H3/t9-,15+,18-,20+,22+,23-,24+,25+,26+,27+/m0/s1. The van der Waals surface area contributed by atoms with E-state index >= 15 is 0 Å². The smallest absolute Gasteiger partial charge is 0.229 e. The van der Waals surface area contributed by atoms with Gasteiger partial charge in [-0.1, -0.05) is 0 Å². The number of phenolic OH excluding ortho intramolecular Hbond substituents is 2. The van der Waals surface area contributed by atoms with Gasteiger partial charge in [0.1, 0.15) is 60.0 Å². The Kier molecular flexibility index (Phi) is 7.80. The fourth-order valence-corrected chi connectivity index (χ4v) is 5.17. The predicted octanol–water partition coefficient (Wildman–Crippen LogP) is -1.79. The van der Waals surface area contributed by atoms with Crippen LogP contribution in [0, 0.1) is 6.92 Å². The summed E-state index contributed by atoms with van der Waals surface area (Å²) in [6, 6.07) is 4.86. The molecule has 2 saturated heterocycles. The number of phenols is 2. The number of carbonyl (C=O) groups is 2. The Morgan fingerprint density at radius 2 is 1.29 bits per heavy atom. The second kappa shape index (κ2) is 10.9. The fourth-order valence-electron chi connectivity index (χ4n) is 5.17. The summed E-state index contributed by atoms with van der Waals surface area (Å²) in [4.78, 5) is 26.3. The van der Waals surface area contributed by atoms with Gasteiger partial charge in [-0.2, -0.15) is 0 Å². The van der Waals surface area contributed by atoms with Crippen molar-refractivity contribution in [1.82, 2.24) is 0 Å². The molecule has 0 unspecified atom stereocenters. The van der Waals surface area contributed by atoms with E-state index in [-0.39, 0.29) is 28.0 Å². The Morgan fingerprint density at radius 1 is 0.707 bits per heavy atom. The molecule has 2 aromatic carbocycles. The summed E-state index contributed by atoms with van der Waals surface area (Å²) in [6.07, 6.45) is -15.2. The van der Waals surface area contributed by atoms with E-state index in [1.165, 1.54) is 19.1 Å². The van der Waals surface area contributed by atoms with E-state index in [2.05, 4.69) is 0 Å². The zero-order chi connectivity index (χ0) is 29.9. The number of hydrogen-bond acceptors (Lipinski definition) is 14. The fraction of sp³-hybridized carbons (Fsp3) is 0.481. The van der Waals surface area contributed by atoms with Gasteiger partial charge in [-0.05, 0) is 37.6 Å². The summed E-state index contributed by atoms with van der Waals surface area (Å²) in [5, 5.41) is 82.2. The normalized spacial score (nSPS) is 35.1. The topological polar surface area (TPSA) is 233 Å². The van der Waals surface area contributed by atoms with Gasteiger partial charge in [0.15, 0.2) is 12.1 Å². The van der Waals surface area contributed by atoms with Crippen molar-refractivity contribution in [2.75, 3.05) is 6.61 Å². The maximum absolute atomic E-state index is 13.2. The molecule has 0 aromatic heterocycles. The molecule has 5 rings (SSSR count). The molecule has 14 nitrogen and oxygen atoms in total. The number of hydrogen-bond donors (Lipinski definition) is 8. The molecule has 0 amide bonds. The summed E-state index contributed by atoms with van der Waals surface area (Å²) in [5.41, 5.74) is -0.375. The molecule has 2 heterocycles. The van der Waals surface area contributed by atoms with Crippen LogP contribution >= 0.6 is 0 Å². The first-order chi connectivity index (χ1) is 19.3. The van der Waals surface area contributed by atoms with Crippen molar-refractivity contribution >= 4 is 11.6 Å². The van der Waals surface area contributed by atoms with Crippen LogP contribution in [0.2, 0.25) is 0 Å². The Bertz CT molecular complexity index is 1360. The number of rotatable bonds is 5. The first-order valence-electron chi connectivity index (χ1n) is 12.8. The lowest BCUT2D eigenvalue weighted by atomic mass is 9.82. The molecule has 0 bridgehead atoms. The number of ketones is 2. The summed E-state index contributed by atoms with van der Waals surface area (Å²) < 4.78 is 22.0. The van der Waals surface area contributed by atoms with Gasteiger partial charge in [-0.25, -0.2) is 0 Å². The predicted molar refractivity (Wildman–Crippen MR) is 133 cm³/mol. The highest BCUT2D eigenvalue weighted by molar-refractivity contribution is 6.30. The van der Waals surface area contributed by atoms with Crippen LogP contribution in [-0.2, 0) is 14.2 Å². The van der Waals surface area contributed by atoms with Crippen LogP contribution in [0.25, 0.3) is 0 Å². The maximum Gasteiger partial charge on any atom is 0.229 e. The van der Waals surface area contributed by atoms with Gasteiger partial charge < -0.3 is 59.8 Å². The highest BCUT2D eigenvalue weighted by atomic mass is 16.7. The van der Waals surface area contributed by atoms with Crippen LogP contribution in [0.15, 0.2) is 24.3 Å². The molecule has 222 valence electrons. The minimum atomic E-state index is -1.81. The van der Waals surface area contributed by atoms with Gasteiger partial charge in [-0.15, -0.1) is 0 Å². The minimum absolute atomic E-state index is 0.0691. The van der Waals surface area contributed by atoms with Crippen molar-refractivity contribution in [2.45, 2.75) is 75.3 Å². The first kappa shape index (κ1) is 29.3. The van der Waals surface area contributed by atoms with E-state index in [9.17, 15) is 50.4 Å². The molecule has 10 atom stereocenters. The largest absolute Gasteiger partial charge is 0.507 e. The Morgan fingerprint density at radius 3 is 1.98 bits per heavy atom. The quantitative estimate of drug-likeness (QED) is 0.167. The van der Waals surface area contributed by atoms with Gasteiger partial charge in [0, 0.05) is 17.2 Å². The van der Waals surface area contributed by atoms with Crippen molar-refractivity contribution in [3.05, 3.63) is 52.1 Å². The van der Waals surface area contributed by atoms with Crippen molar-refractivity contribution in [2.24, 2.45) is 0 Å². The van der Waals surface area contributed by atoms with Crippen LogP contribution < -0.4 is 4.74 Å². The lowest BCUT2D eigenvalue weighted by Crippen LogP contribution is -2.61. The number of aliphatic hydroxyl groups excluding tert-OH is 6. The lowest BCUT2D eigenvalue weighted by Gasteiger charge is -2.42. The van der Waals surface area contributed by atoms with Crippen molar-refractivity contribution in [3.63, 3.8) is 0 Å². The molecule has 1 aliphatic carbocycles. The minimum Gasteiger partial charge on any atom is -0.507 e. The third kappa shape index (κ3) is 5.07. The molecule has 14 heteroatoms. The third-order valence-corrected chi connectivity index (χ3v) is 7.45. The summed E-state index contributed by atoms with van der Waals surface area (Å²) in [5.74, 6) is -2.74. The molecular formula is C27H30O14. The van der Waals surface area contributed by atoms with Crippen molar-refractivity contribution < 1.29 is 69.4 Å². The van der Waals surface area contributed by atoms with Crippen molar-refractivity contribution in [1.29, 1.82) is 0 Å². The highest BCUT2D eigenvalue weighted by Gasteiger charge is 2.47. The number of aliphatic hydroxyl groups is 6. The molecule has 2 fully saturated rings. The van der Waals surface area contributed by atoms with Crippen LogP contribution in [0.1, 0.15) is 44.3 Å². The number of aromatic hydroxyl groups is 2. The van der Waals surface area contributed by atoms with Crippen LogP contribution in [0.4, 0.5) is 0 Å². The SMILES string of the molecule is Cc1cc(O)c2c(c1)C(=O)c1cc(O[C@@H]3O[C@H](CO[C@@H]4O[C@@H](C)[C@H](O)[C@@H](O)[C@H]4O)[C@@H](O)[C@H](O)[C@H]3O)cc(O)c1C2=O. The number of benzene rings is 2. The first-order valence-corrected chi connectivity index (χ1v) is 12.8. The molecule has 2 aromatic rings. The Labute approximate surface area is 232 Å². The molecule has 8 N–H and O–H groups in total. The molecule has 0 spiro atoms. The molecule has 0 saturated carbocycles. The van der Waals surface area contributed by atoms with E-state index in [0.717, 1.165) is 12.1 Å². The van der Waals surface area contributed by atoms with E-state index in [0.29, 0.717) is 5.56 Å². The molecule has 41 heavy (non-hydrogen) atoms. The summed E-state index contributed by atoms with van der Waals surface area (Å²) in [6.45, 7) is 2.55.